The molecule has 1 fully saturated rings. The molecule has 15 heavy (non-hydrogen) atoms. The van der Waals surface area contributed by atoms with E-state index in [1.807, 2.05) is 19.1 Å². The van der Waals surface area contributed by atoms with Crippen molar-refractivity contribution >= 4 is 17.1 Å². The van der Waals surface area contributed by atoms with Crippen LogP contribution in [0.1, 0.15) is 40.2 Å². The Kier molecular flexibility index (Phi) is 3.54. The SMILES string of the molecule is Cc1ccc(C(=O)C2CCCCCN2)s1. The minimum Gasteiger partial charge on any atom is -0.307 e. The molecule has 1 aromatic rings. The summed E-state index contributed by atoms with van der Waals surface area (Å²) in [4.78, 5) is 14.2. The Bertz CT molecular complexity index is 337. The number of aryl methyl sites for hydroxylation is 1. The maximum atomic E-state index is 12.1. The Labute approximate surface area is 94.7 Å². The summed E-state index contributed by atoms with van der Waals surface area (Å²) in [5.74, 6) is 0.287. The minimum absolute atomic E-state index is 0.0607. The fraction of sp³-hybridized carbons (Fsp3) is 0.583. The van der Waals surface area contributed by atoms with Gasteiger partial charge < -0.3 is 5.32 Å². The molecular weight excluding hydrogens is 206 g/mol. The van der Waals surface area contributed by atoms with E-state index < -0.39 is 0 Å². The first-order valence-corrected chi connectivity index (χ1v) is 6.43. The van der Waals surface area contributed by atoms with Crippen LogP contribution in [-0.4, -0.2) is 18.4 Å². The predicted molar refractivity (Wildman–Crippen MR) is 63.6 cm³/mol. The van der Waals surface area contributed by atoms with Gasteiger partial charge in [-0.25, -0.2) is 0 Å². The molecule has 1 unspecified atom stereocenters. The summed E-state index contributed by atoms with van der Waals surface area (Å²) in [6, 6.07) is 4.04. The lowest BCUT2D eigenvalue weighted by molar-refractivity contribution is 0.0945. The van der Waals surface area contributed by atoms with E-state index in [1.54, 1.807) is 11.3 Å². The van der Waals surface area contributed by atoms with E-state index in [-0.39, 0.29) is 11.8 Å². The van der Waals surface area contributed by atoms with E-state index in [0.717, 1.165) is 17.8 Å². The zero-order valence-corrected chi connectivity index (χ0v) is 9.90. The average Bonchev–Trinajstić information content (AvgIpc) is 2.53. The largest absolute Gasteiger partial charge is 0.307 e. The van der Waals surface area contributed by atoms with Crippen molar-refractivity contribution < 1.29 is 4.79 Å². The molecule has 2 rings (SSSR count). The van der Waals surface area contributed by atoms with Crippen molar-refractivity contribution in [3.8, 4) is 0 Å². The van der Waals surface area contributed by atoms with Crippen molar-refractivity contribution in [3.05, 3.63) is 21.9 Å². The molecule has 0 amide bonds. The summed E-state index contributed by atoms with van der Waals surface area (Å²) >= 11 is 1.61. The molecule has 82 valence electrons. The number of Topliss-reactive ketones (excluding diaryl/α,β-unsaturated/α-hetero) is 1. The highest BCUT2D eigenvalue weighted by Crippen LogP contribution is 2.19. The van der Waals surface area contributed by atoms with Gasteiger partial charge in [-0.3, -0.25) is 4.79 Å². The molecule has 2 heterocycles. The Hall–Kier alpha value is -0.670. The highest BCUT2D eigenvalue weighted by atomic mass is 32.1. The van der Waals surface area contributed by atoms with Crippen LogP contribution in [0.15, 0.2) is 12.1 Å². The smallest absolute Gasteiger partial charge is 0.189 e. The molecule has 0 aromatic carbocycles. The molecule has 0 radical (unpaired) electrons. The number of thiophene rings is 1. The molecule has 0 spiro atoms. The van der Waals surface area contributed by atoms with Gasteiger partial charge in [-0.1, -0.05) is 12.8 Å². The standard InChI is InChI=1S/C12H17NOS/c1-9-6-7-11(15-9)12(14)10-5-3-2-4-8-13-10/h6-7,10,13H,2-5,8H2,1H3. The Balaban J connectivity index is 2.06. The van der Waals surface area contributed by atoms with Gasteiger partial charge in [-0.05, 0) is 38.4 Å². The third-order valence-electron chi connectivity index (χ3n) is 2.86. The highest BCUT2D eigenvalue weighted by Gasteiger charge is 2.21. The number of carbonyl (C=O) groups excluding carboxylic acids is 1. The van der Waals surface area contributed by atoms with E-state index in [2.05, 4.69) is 5.32 Å². The number of hydrogen-bond acceptors (Lipinski definition) is 3. The van der Waals surface area contributed by atoms with Crippen LogP contribution in [0.4, 0.5) is 0 Å². The van der Waals surface area contributed by atoms with Crippen molar-refractivity contribution in [1.82, 2.24) is 5.32 Å². The summed E-state index contributed by atoms with van der Waals surface area (Å²) in [6.45, 7) is 3.03. The molecule has 1 saturated heterocycles. The van der Waals surface area contributed by atoms with Gasteiger partial charge in [-0.2, -0.15) is 0 Å². The van der Waals surface area contributed by atoms with Crippen LogP contribution in [0.3, 0.4) is 0 Å². The lowest BCUT2D eigenvalue weighted by Gasteiger charge is -2.12. The number of carbonyl (C=O) groups is 1. The van der Waals surface area contributed by atoms with Gasteiger partial charge >= 0.3 is 0 Å². The number of ketones is 1. The first-order chi connectivity index (χ1) is 7.27. The summed E-state index contributed by atoms with van der Waals surface area (Å²) in [7, 11) is 0. The van der Waals surface area contributed by atoms with E-state index >= 15 is 0 Å². The first kappa shape index (κ1) is 10.8. The molecule has 0 bridgehead atoms. The molecule has 3 heteroatoms. The van der Waals surface area contributed by atoms with Crippen LogP contribution in [0.5, 0.6) is 0 Å². The van der Waals surface area contributed by atoms with Crippen molar-refractivity contribution in [3.63, 3.8) is 0 Å². The van der Waals surface area contributed by atoms with Crippen molar-refractivity contribution in [2.24, 2.45) is 0 Å². The third kappa shape index (κ3) is 2.67. The predicted octanol–water partition coefficient (Wildman–Crippen LogP) is 2.77. The van der Waals surface area contributed by atoms with Crippen LogP contribution in [-0.2, 0) is 0 Å². The van der Waals surface area contributed by atoms with Gasteiger partial charge in [0.25, 0.3) is 0 Å². The number of rotatable bonds is 2. The zero-order valence-electron chi connectivity index (χ0n) is 9.08. The topological polar surface area (TPSA) is 29.1 Å². The summed E-state index contributed by atoms with van der Waals surface area (Å²) in [6.07, 6.45) is 4.62. The van der Waals surface area contributed by atoms with Crippen LogP contribution in [0.25, 0.3) is 0 Å². The Morgan fingerprint density at radius 2 is 2.27 bits per heavy atom. The summed E-state index contributed by atoms with van der Waals surface area (Å²) in [5, 5.41) is 3.35. The van der Waals surface area contributed by atoms with E-state index in [0.29, 0.717) is 0 Å². The molecule has 1 atom stereocenters. The number of hydrogen-bond donors (Lipinski definition) is 1. The van der Waals surface area contributed by atoms with Crippen LogP contribution in [0.2, 0.25) is 0 Å². The highest BCUT2D eigenvalue weighted by molar-refractivity contribution is 7.14. The fourth-order valence-corrected chi connectivity index (χ4v) is 2.85. The van der Waals surface area contributed by atoms with Gasteiger partial charge in [-0.15, -0.1) is 11.3 Å². The lowest BCUT2D eigenvalue weighted by atomic mass is 10.1. The summed E-state index contributed by atoms with van der Waals surface area (Å²) < 4.78 is 0. The van der Waals surface area contributed by atoms with Gasteiger partial charge in [0.05, 0.1) is 10.9 Å². The van der Waals surface area contributed by atoms with Crippen LogP contribution < -0.4 is 5.32 Å². The quantitative estimate of drug-likeness (QED) is 0.781. The molecule has 1 aromatic heterocycles. The van der Waals surface area contributed by atoms with E-state index in [1.165, 1.54) is 24.1 Å². The third-order valence-corrected chi connectivity index (χ3v) is 3.88. The molecular formula is C12H17NOS. The normalized spacial score (nSPS) is 22.3. The molecule has 2 nitrogen and oxygen atoms in total. The number of nitrogens with one attached hydrogen (secondary N) is 1. The Morgan fingerprint density at radius 3 is 3.00 bits per heavy atom. The maximum Gasteiger partial charge on any atom is 0.189 e. The maximum absolute atomic E-state index is 12.1. The van der Waals surface area contributed by atoms with Gasteiger partial charge in [0.15, 0.2) is 5.78 Å². The molecule has 0 saturated carbocycles. The Morgan fingerprint density at radius 1 is 1.40 bits per heavy atom. The van der Waals surface area contributed by atoms with E-state index in [4.69, 9.17) is 0 Å². The molecule has 1 aliphatic rings. The van der Waals surface area contributed by atoms with Crippen LogP contribution >= 0.6 is 11.3 Å². The summed E-state index contributed by atoms with van der Waals surface area (Å²) in [5.41, 5.74) is 0. The van der Waals surface area contributed by atoms with Gasteiger partial charge in [0.2, 0.25) is 0 Å². The zero-order chi connectivity index (χ0) is 10.7. The van der Waals surface area contributed by atoms with E-state index in [9.17, 15) is 4.79 Å². The first-order valence-electron chi connectivity index (χ1n) is 5.61. The average molecular weight is 223 g/mol. The molecule has 0 aliphatic carbocycles. The monoisotopic (exact) mass is 223 g/mol. The lowest BCUT2D eigenvalue weighted by Crippen LogP contribution is -2.35. The minimum atomic E-state index is 0.0607. The van der Waals surface area contributed by atoms with Crippen molar-refractivity contribution in [2.75, 3.05) is 6.54 Å². The van der Waals surface area contributed by atoms with Crippen LogP contribution in [0, 0.1) is 6.92 Å². The second-order valence-corrected chi connectivity index (χ2v) is 5.42. The van der Waals surface area contributed by atoms with Crippen molar-refractivity contribution in [2.45, 2.75) is 38.6 Å². The fourth-order valence-electron chi connectivity index (χ4n) is 1.99. The van der Waals surface area contributed by atoms with Gasteiger partial charge in [0, 0.05) is 4.88 Å². The molecule has 1 N–H and O–H groups in total. The molecule has 1 aliphatic heterocycles. The second-order valence-electron chi connectivity index (χ2n) is 4.13. The van der Waals surface area contributed by atoms with Gasteiger partial charge in [0.1, 0.15) is 0 Å². The van der Waals surface area contributed by atoms with Crippen molar-refractivity contribution in [1.29, 1.82) is 0 Å². The second kappa shape index (κ2) is 4.90.